The van der Waals surface area contributed by atoms with Crippen molar-refractivity contribution in [2.24, 2.45) is 24.8 Å². The molecule has 104 valence electrons. The largest absolute Gasteiger partial charge is 0.274 e. The Morgan fingerprint density at radius 2 is 2.05 bits per heavy atom. The molecule has 1 aromatic heterocycles. The van der Waals surface area contributed by atoms with E-state index in [1.807, 2.05) is 50.0 Å². The molecule has 4 heteroatoms. The molecule has 2 amide bonds. The molecule has 1 aliphatic carbocycles. The van der Waals surface area contributed by atoms with Gasteiger partial charge in [0.1, 0.15) is 12.7 Å². The van der Waals surface area contributed by atoms with Gasteiger partial charge in [-0.3, -0.25) is 9.59 Å². The molecule has 2 heterocycles. The number of fused-ring (bicyclic) bond motifs is 1. The van der Waals surface area contributed by atoms with Gasteiger partial charge in [-0.1, -0.05) is 18.6 Å². The fourth-order valence-electron chi connectivity index (χ4n) is 3.48. The zero-order valence-electron chi connectivity index (χ0n) is 12.0. The molecule has 1 aromatic rings. The predicted octanol–water partition coefficient (Wildman–Crippen LogP) is 1.60. The van der Waals surface area contributed by atoms with Crippen molar-refractivity contribution in [3.8, 4) is 0 Å². The van der Waals surface area contributed by atoms with Crippen LogP contribution in [-0.2, 0) is 16.6 Å². The van der Waals surface area contributed by atoms with Crippen molar-refractivity contribution < 1.29 is 14.2 Å². The maximum atomic E-state index is 12.6. The number of imide groups is 1. The van der Waals surface area contributed by atoms with E-state index < -0.39 is 0 Å². The van der Waals surface area contributed by atoms with Crippen LogP contribution in [0.4, 0.5) is 5.69 Å². The number of nitrogens with zero attached hydrogens (tertiary/aromatic N) is 2. The molecule has 3 atom stereocenters. The van der Waals surface area contributed by atoms with Crippen molar-refractivity contribution in [2.75, 3.05) is 4.90 Å². The lowest BCUT2D eigenvalue weighted by molar-refractivity contribution is -0.670. The number of carbonyl (C=O) groups is 2. The zero-order valence-corrected chi connectivity index (χ0v) is 12.0. The van der Waals surface area contributed by atoms with Crippen molar-refractivity contribution in [3.63, 3.8) is 0 Å². The van der Waals surface area contributed by atoms with Crippen LogP contribution in [0.5, 0.6) is 0 Å². The summed E-state index contributed by atoms with van der Waals surface area (Å²) in [6.07, 6.45) is 6.53. The van der Waals surface area contributed by atoms with E-state index in [-0.39, 0.29) is 29.6 Å². The van der Waals surface area contributed by atoms with Gasteiger partial charge in [-0.2, -0.15) is 0 Å². The van der Waals surface area contributed by atoms with Crippen LogP contribution in [0.15, 0.2) is 36.2 Å². The number of anilines is 1. The van der Waals surface area contributed by atoms with E-state index in [2.05, 4.69) is 6.08 Å². The van der Waals surface area contributed by atoms with Crippen LogP contribution in [0.3, 0.4) is 0 Å². The summed E-state index contributed by atoms with van der Waals surface area (Å²) in [5.74, 6) is -0.356. The topological polar surface area (TPSA) is 41.3 Å². The Morgan fingerprint density at radius 1 is 1.30 bits per heavy atom. The third-order valence-electron chi connectivity index (χ3n) is 4.31. The molecule has 0 bridgehead atoms. The van der Waals surface area contributed by atoms with Crippen LogP contribution in [0.1, 0.15) is 20.3 Å². The molecule has 0 N–H and O–H groups in total. The predicted molar refractivity (Wildman–Crippen MR) is 74.6 cm³/mol. The first-order valence-electron chi connectivity index (χ1n) is 6.99. The second kappa shape index (κ2) is 4.54. The number of aryl methyl sites for hydroxylation is 1. The average molecular weight is 271 g/mol. The highest BCUT2D eigenvalue weighted by Gasteiger charge is 2.51. The molecule has 1 fully saturated rings. The quantitative estimate of drug-likeness (QED) is 0.442. The number of hydrogen-bond acceptors (Lipinski definition) is 2. The zero-order chi connectivity index (χ0) is 14.4. The minimum Gasteiger partial charge on any atom is -0.274 e. The first-order chi connectivity index (χ1) is 9.49. The number of hydrogen-bond donors (Lipinski definition) is 0. The molecule has 0 aromatic carbocycles. The van der Waals surface area contributed by atoms with Gasteiger partial charge in [-0.15, -0.1) is 0 Å². The van der Waals surface area contributed by atoms with Crippen molar-refractivity contribution in [1.82, 2.24) is 0 Å². The number of carbonyl (C=O) groups excluding carboxylic acids is 2. The molecule has 1 saturated heterocycles. The van der Waals surface area contributed by atoms with Crippen LogP contribution in [-0.4, -0.2) is 11.8 Å². The minimum atomic E-state index is -0.197. The summed E-state index contributed by atoms with van der Waals surface area (Å²) in [6.45, 7) is 4.07. The maximum absolute atomic E-state index is 12.6. The SMILES string of the molecule is CC1=CC(C)C2C(=O)N(c3ccc[n+](C)c3)C(=O)C2C1. The second-order valence-electron chi connectivity index (χ2n) is 5.95. The number of allylic oxidation sites excluding steroid dienone is 2. The van der Waals surface area contributed by atoms with Crippen LogP contribution < -0.4 is 9.47 Å². The molecule has 1 aliphatic heterocycles. The van der Waals surface area contributed by atoms with Crippen LogP contribution in [0, 0.1) is 17.8 Å². The summed E-state index contributed by atoms with van der Waals surface area (Å²) in [5.41, 5.74) is 1.88. The summed E-state index contributed by atoms with van der Waals surface area (Å²) in [4.78, 5) is 26.6. The fourth-order valence-corrected chi connectivity index (χ4v) is 3.48. The van der Waals surface area contributed by atoms with Gasteiger partial charge < -0.3 is 0 Å². The lowest BCUT2D eigenvalue weighted by atomic mass is 9.76. The van der Waals surface area contributed by atoms with Gasteiger partial charge in [0, 0.05) is 6.07 Å². The average Bonchev–Trinajstić information content (AvgIpc) is 2.61. The fraction of sp³-hybridized carbons (Fsp3) is 0.438. The molecule has 4 nitrogen and oxygen atoms in total. The van der Waals surface area contributed by atoms with Gasteiger partial charge in [0.2, 0.25) is 11.8 Å². The highest BCUT2D eigenvalue weighted by molar-refractivity contribution is 6.22. The summed E-state index contributed by atoms with van der Waals surface area (Å²) in [7, 11) is 1.88. The summed E-state index contributed by atoms with van der Waals surface area (Å²) >= 11 is 0. The summed E-state index contributed by atoms with van der Waals surface area (Å²) in [6, 6.07) is 3.67. The van der Waals surface area contributed by atoms with E-state index in [1.165, 1.54) is 10.5 Å². The Kier molecular flexibility index (Phi) is 2.96. The highest BCUT2D eigenvalue weighted by atomic mass is 16.2. The van der Waals surface area contributed by atoms with Gasteiger partial charge in [0.25, 0.3) is 0 Å². The van der Waals surface area contributed by atoms with Crippen molar-refractivity contribution in [2.45, 2.75) is 20.3 Å². The molecule has 3 unspecified atom stereocenters. The third kappa shape index (κ3) is 1.87. The van der Waals surface area contributed by atoms with Crippen LogP contribution >= 0.6 is 0 Å². The van der Waals surface area contributed by atoms with Crippen molar-refractivity contribution >= 4 is 17.5 Å². The number of aromatic nitrogens is 1. The Hall–Kier alpha value is -1.97. The van der Waals surface area contributed by atoms with E-state index in [0.717, 1.165) is 0 Å². The van der Waals surface area contributed by atoms with E-state index in [9.17, 15) is 9.59 Å². The molecular formula is C16H19N2O2+. The van der Waals surface area contributed by atoms with Gasteiger partial charge in [-0.25, -0.2) is 9.47 Å². The normalized spacial score (nSPS) is 29.4. The van der Waals surface area contributed by atoms with E-state index in [4.69, 9.17) is 0 Å². The molecule has 20 heavy (non-hydrogen) atoms. The Bertz CT molecular complexity index is 621. The molecule has 0 spiro atoms. The Balaban J connectivity index is 2.01. The van der Waals surface area contributed by atoms with Gasteiger partial charge in [-0.05, 0) is 25.3 Å². The van der Waals surface area contributed by atoms with E-state index in [1.54, 1.807) is 0 Å². The van der Waals surface area contributed by atoms with Gasteiger partial charge >= 0.3 is 0 Å². The van der Waals surface area contributed by atoms with Crippen LogP contribution in [0.25, 0.3) is 0 Å². The number of rotatable bonds is 1. The molecule has 0 radical (unpaired) electrons. The summed E-state index contributed by atoms with van der Waals surface area (Å²) in [5, 5.41) is 0. The summed E-state index contributed by atoms with van der Waals surface area (Å²) < 4.78 is 1.85. The standard InChI is InChI=1S/C16H19N2O2/c1-10-7-11(2)14-13(8-10)15(19)18(16(14)20)12-5-4-6-17(3)9-12/h4-7,9,11,13-14H,8H2,1-3H3/q+1. The second-order valence-corrected chi connectivity index (χ2v) is 5.95. The van der Waals surface area contributed by atoms with Crippen molar-refractivity contribution in [3.05, 3.63) is 36.2 Å². The molecular weight excluding hydrogens is 252 g/mol. The van der Waals surface area contributed by atoms with E-state index in [0.29, 0.717) is 12.1 Å². The lowest BCUT2D eigenvalue weighted by Gasteiger charge is -2.25. The number of pyridine rings is 1. The lowest BCUT2D eigenvalue weighted by Crippen LogP contribution is -2.35. The van der Waals surface area contributed by atoms with Crippen LogP contribution in [0.2, 0.25) is 0 Å². The van der Waals surface area contributed by atoms with Crippen molar-refractivity contribution in [1.29, 1.82) is 0 Å². The Morgan fingerprint density at radius 3 is 2.75 bits per heavy atom. The first-order valence-corrected chi connectivity index (χ1v) is 6.99. The molecule has 0 saturated carbocycles. The Labute approximate surface area is 118 Å². The van der Waals surface area contributed by atoms with E-state index >= 15 is 0 Å². The molecule has 3 rings (SSSR count). The number of amides is 2. The smallest absolute Gasteiger partial charge is 0.238 e. The minimum absolute atomic E-state index is 0.0505. The first kappa shape index (κ1) is 13.0. The maximum Gasteiger partial charge on any atom is 0.238 e. The van der Waals surface area contributed by atoms with Gasteiger partial charge in [0.15, 0.2) is 12.4 Å². The van der Waals surface area contributed by atoms with Gasteiger partial charge in [0.05, 0.1) is 11.8 Å². The third-order valence-corrected chi connectivity index (χ3v) is 4.31. The molecule has 2 aliphatic rings. The monoisotopic (exact) mass is 271 g/mol. The highest BCUT2D eigenvalue weighted by Crippen LogP contribution is 2.42.